The van der Waals surface area contributed by atoms with Crippen LogP contribution in [0.2, 0.25) is 0 Å². The number of rotatable bonds is 2. The van der Waals surface area contributed by atoms with Crippen molar-refractivity contribution in [3.05, 3.63) is 45.5 Å². The van der Waals surface area contributed by atoms with Crippen LogP contribution in [0.25, 0.3) is 17.2 Å². The Morgan fingerprint density at radius 3 is 2.95 bits per heavy atom. The Morgan fingerprint density at radius 2 is 2.30 bits per heavy atom. The highest BCUT2D eigenvalue weighted by atomic mass is 32.1. The minimum Gasteiger partial charge on any atom is -0.357 e. The van der Waals surface area contributed by atoms with Gasteiger partial charge in [0.15, 0.2) is 6.29 Å². The minimum absolute atomic E-state index is 0.0650. The van der Waals surface area contributed by atoms with Gasteiger partial charge in [-0.3, -0.25) is 4.79 Å². The normalized spacial score (nSPS) is 16.6. The maximum atomic E-state index is 10.9. The van der Waals surface area contributed by atoms with Crippen LogP contribution in [-0.4, -0.2) is 23.2 Å². The number of thiazole rings is 1. The summed E-state index contributed by atoms with van der Waals surface area (Å²) < 4.78 is 1.41. The summed E-state index contributed by atoms with van der Waals surface area (Å²) >= 11 is 1.35. The topological polar surface area (TPSA) is 57.0 Å². The minimum atomic E-state index is 0.0650. The molecule has 1 aliphatic heterocycles. The molecule has 0 N–H and O–H groups in total. The maximum absolute atomic E-state index is 10.9. The van der Waals surface area contributed by atoms with E-state index in [0.29, 0.717) is 10.9 Å². The van der Waals surface area contributed by atoms with Crippen molar-refractivity contribution in [1.29, 1.82) is 5.26 Å². The first-order valence-corrected chi connectivity index (χ1v) is 6.83. The van der Waals surface area contributed by atoms with E-state index in [1.807, 2.05) is 61.6 Å². The molecule has 1 aliphatic rings. The predicted octanol–water partition coefficient (Wildman–Crippen LogP) is 1.17. The molecule has 0 aromatic carbocycles. The van der Waals surface area contributed by atoms with Gasteiger partial charge in [-0.25, -0.2) is 4.98 Å². The zero-order chi connectivity index (χ0) is 14.5. The Bertz CT molecular complexity index is 775. The Morgan fingerprint density at radius 1 is 1.50 bits per heavy atom. The van der Waals surface area contributed by atoms with Gasteiger partial charge >= 0.3 is 0 Å². The Kier molecular flexibility index (Phi) is 4.28. The van der Waals surface area contributed by atoms with E-state index in [0.717, 1.165) is 15.8 Å². The van der Waals surface area contributed by atoms with E-state index < -0.39 is 0 Å². The molecule has 0 fully saturated rings. The Balaban J connectivity index is 2.66. The molecule has 2 heterocycles. The van der Waals surface area contributed by atoms with E-state index >= 15 is 0 Å². The van der Waals surface area contributed by atoms with E-state index in [4.69, 9.17) is 5.26 Å². The molecule has 100 valence electrons. The smallest absolute Gasteiger partial charge is 0.163 e. The summed E-state index contributed by atoms with van der Waals surface area (Å²) in [7, 11) is 1.94. The van der Waals surface area contributed by atoms with Crippen LogP contribution in [0.4, 0.5) is 0 Å². The molecule has 0 spiro atoms. The maximum Gasteiger partial charge on any atom is 0.163 e. The van der Waals surface area contributed by atoms with Gasteiger partial charge in [-0.15, -0.1) is 11.3 Å². The molecule has 1 aromatic rings. The van der Waals surface area contributed by atoms with Crippen LogP contribution in [-0.2, 0) is 4.79 Å². The predicted molar refractivity (Wildman–Crippen MR) is 80.6 cm³/mol. The second-order valence-corrected chi connectivity index (χ2v) is 5.14. The molecule has 0 amide bonds. The molecule has 5 heteroatoms. The lowest BCUT2D eigenvalue weighted by Crippen LogP contribution is -2.05. The van der Waals surface area contributed by atoms with E-state index in [9.17, 15) is 4.79 Å². The summed E-state index contributed by atoms with van der Waals surface area (Å²) in [6.07, 6.45) is 12.2. The number of allylic oxidation sites excluding steroid dienone is 4. The number of aromatic nitrogens is 1. The Hall–Kier alpha value is -2.45. The van der Waals surface area contributed by atoms with Gasteiger partial charge in [0.05, 0.1) is 10.2 Å². The number of aldehydes is 1. The lowest BCUT2D eigenvalue weighted by atomic mass is 10.1. The number of carbonyl (C=O) groups is 1. The molecule has 1 aromatic heterocycles. The number of nitrogens with zero attached hydrogens (tertiary/aromatic N) is 3. The fourth-order valence-electron chi connectivity index (χ4n) is 1.72. The highest BCUT2D eigenvalue weighted by Gasteiger charge is 2.08. The second kappa shape index (κ2) is 6.13. The molecule has 0 atom stereocenters. The van der Waals surface area contributed by atoms with Gasteiger partial charge in [-0.05, 0) is 19.1 Å². The van der Waals surface area contributed by atoms with E-state index in [-0.39, 0.29) is 5.57 Å². The highest BCUT2D eigenvalue weighted by Crippen LogP contribution is 2.13. The van der Waals surface area contributed by atoms with Crippen LogP contribution in [0.1, 0.15) is 12.6 Å². The summed E-state index contributed by atoms with van der Waals surface area (Å²) in [5.41, 5.74) is 1.80. The average molecular weight is 283 g/mol. The highest BCUT2D eigenvalue weighted by molar-refractivity contribution is 7.07. The van der Waals surface area contributed by atoms with Crippen molar-refractivity contribution in [3.8, 4) is 6.07 Å². The standard InChI is InChI=1S/C15H13N3OS/c1-3-13-14(11-5-4-7-18(2)8-6-11)17-15(20-13)12(9-16)10-19/h3-8,10H,1-2H3/b13-3-,15-12-. The number of carbonyl (C=O) groups excluding carboxylic acids is 1. The third kappa shape index (κ3) is 2.76. The van der Waals surface area contributed by atoms with Crippen molar-refractivity contribution in [3.63, 3.8) is 0 Å². The number of hydrogen-bond acceptors (Lipinski definition) is 5. The summed E-state index contributed by atoms with van der Waals surface area (Å²) in [5, 5.41) is 8.93. The zero-order valence-corrected chi connectivity index (χ0v) is 12.0. The number of nitriles is 1. The number of hydrogen-bond donors (Lipinski definition) is 0. The van der Waals surface area contributed by atoms with Gasteiger partial charge < -0.3 is 4.90 Å². The molecule has 20 heavy (non-hydrogen) atoms. The quantitative estimate of drug-likeness (QED) is 0.765. The fraction of sp³-hybridized carbons (Fsp3) is 0.133. The van der Waals surface area contributed by atoms with Crippen LogP contribution >= 0.6 is 11.3 Å². The van der Waals surface area contributed by atoms with Gasteiger partial charge in [0.2, 0.25) is 0 Å². The van der Waals surface area contributed by atoms with Gasteiger partial charge in [-0.1, -0.05) is 12.2 Å². The van der Waals surface area contributed by atoms with Crippen LogP contribution in [0.5, 0.6) is 0 Å². The second-order valence-electron chi connectivity index (χ2n) is 4.11. The fourth-order valence-corrected chi connectivity index (χ4v) is 2.64. The molecule has 0 aliphatic carbocycles. The van der Waals surface area contributed by atoms with Crippen LogP contribution in [0.15, 0.2) is 30.6 Å². The third-order valence-electron chi connectivity index (χ3n) is 2.74. The summed E-state index contributed by atoms with van der Waals surface area (Å²) in [6, 6.07) is 1.88. The van der Waals surface area contributed by atoms with E-state index in [1.165, 1.54) is 11.3 Å². The largest absolute Gasteiger partial charge is 0.357 e. The van der Waals surface area contributed by atoms with Crippen LogP contribution in [0, 0.1) is 11.3 Å². The summed E-state index contributed by atoms with van der Waals surface area (Å²) in [5.74, 6) is 0. The molecule has 4 nitrogen and oxygen atoms in total. The summed E-state index contributed by atoms with van der Waals surface area (Å²) in [4.78, 5) is 17.2. The van der Waals surface area contributed by atoms with Crippen molar-refractivity contribution >= 4 is 34.8 Å². The third-order valence-corrected chi connectivity index (χ3v) is 3.90. The first kappa shape index (κ1) is 14.0. The zero-order valence-electron chi connectivity index (χ0n) is 11.2. The molecule has 0 bridgehead atoms. The average Bonchev–Trinajstić information content (AvgIpc) is 2.76. The molecule has 0 unspecified atom stereocenters. The van der Waals surface area contributed by atoms with Crippen LogP contribution in [0.3, 0.4) is 0 Å². The van der Waals surface area contributed by atoms with E-state index in [1.54, 1.807) is 0 Å². The molecule has 0 saturated carbocycles. The van der Waals surface area contributed by atoms with Crippen molar-refractivity contribution < 1.29 is 4.79 Å². The molecule has 2 rings (SSSR count). The van der Waals surface area contributed by atoms with Gasteiger partial charge in [-0.2, -0.15) is 5.26 Å². The van der Waals surface area contributed by atoms with Crippen molar-refractivity contribution in [2.75, 3.05) is 7.05 Å². The SMILES string of the molecule is C/C=c1\s/c(=C(/C#N)C=O)nc1C1=CC=CN(C)C=C1. The summed E-state index contributed by atoms with van der Waals surface area (Å²) in [6.45, 7) is 1.91. The van der Waals surface area contributed by atoms with Gasteiger partial charge in [0.25, 0.3) is 0 Å². The van der Waals surface area contributed by atoms with Gasteiger partial charge in [0.1, 0.15) is 16.3 Å². The van der Waals surface area contributed by atoms with E-state index in [2.05, 4.69) is 4.98 Å². The van der Waals surface area contributed by atoms with Crippen molar-refractivity contribution in [2.45, 2.75) is 6.92 Å². The lowest BCUT2D eigenvalue weighted by molar-refractivity contribution is -0.103. The molecular weight excluding hydrogens is 270 g/mol. The van der Waals surface area contributed by atoms with Crippen LogP contribution < -0.4 is 9.20 Å². The first-order valence-electron chi connectivity index (χ1n) is 6.01. The molecular formula is C15H13N3OS. The van der Waals surface area contributed by atoms with Gasteiger partial charge in [0, 0.05) is 25.0 Å². The molecule has 0 saturated heterocycles. The monoisotopic (exact) mass is 283 g/mol. The van der Waals surface area contributed by atoms with Crippen molar-refractivity contribution in [2.24, 2.45) is 0 Å². The Labute approximate surface area is 121 Å². The first-order chi connectivity index (χ1) is 9.69. The molecule has 0 radical (unpaired) electrons. The lowest BCUT2D eigenvalue weighted by Gasteiger charge is -2.03. The van der Waals surface area contributed by atoms with Crippen molar-refractivity contribution in [1.82, 2.24) is 9.88 Å².